The zero-order valence-corrected chi connectivity index (χ0v) is 11.0. The molecule has 1 aromatic rings. The molecule has 0 aliphatic heterocycles. The van der Waals surface area contributed by atoms with Gasteiger partial charge in [0, 0.05) is 5.71 Å². The highest BCUT2D eigenvalue weighted by atomic mass is 16.5. The molecule has 0 radical (unpaired) electrons. The predicted octanol–water partition coefficient (Wildman–Crippen LogP) is 2.01. The fraction of sp³-hybridized carbons (Fsp3) is 0.385. The van der Waals surface area contributed by atoms with Gasteiger partial charge in [0.1, 0.15) is 5.75 Å². The van der Waals surface area contributed by atoms with Crippen LogP contribution in [0.1, 0.15) is 20.3 Å². The molecule has 0 unspecified atom stereocenters. The lowest BCUT2D eigenvalue weighted by Crippen LogP contribution is -2.26. The van der Waals surface area contributed by atoms with E-state index in [1.54, 1.807) is 7.11 Å². The number of benzene rings is 1. The molecule has 0 saturated carbocycles. The smallest absolute Gasteiger partial charge is 0.259 e. The lowest BCUT2D eigenvalue weighted by molar-refractivity contribution is -0.119. The van der Waals surface area contributed by atoms with E-state index in [9.17, 15) is 4.79 Å². The summed E-state index contributed by atoms with van der Waals surface area (Å²) in [4.78, 5) is 11.5. The Hall–Kier alpha value is -2.04. The van der Waals surface area contributed by atoms with Gasteiger partial charge in [0.15, 0.2) is 0 Å². The number of hydrogen-bond acceptors (Lipinski definition) is 4. The predicted molar refractivity (Wildman–Crippen MR) is 73.0 cm³/mol. The summed E-state index contributed by atoms with van der Waals surface area (Å²) in [6.07, 6.45) is 0.820. The molecule has 0 atom stereocenters. The Morgan fingerprint density at radius 1 is 1.39 bits per heavy atom. The van der Waals surface area contributed by atoms with Crippen molar-refractivity contribution in [1.29, 1.82) is 0 Å². The Morgan fingerprint density at radius 2 is 2.11 bits per heavy atom. The average molecular weight is 249 g/mol. The molecule has 1 amide bonds. The monoisotopic (exact) mass is 249 g/mol. The second-order valence-corrected chi connectivity index (χ2v) is 3.79. The molecule has 1 rings (SSSR count). The summed E-state index contributed by atoms with van der Waals surface area (Å²) < 4.78 is 5.17. The molecule has 0 bridgehead atoms. The van der Waals surface area contributed by atoms with Gasteiger partial charge < -0.3 is 10.1 Å². The van der Waals surface area contributed by atoms with Crippen LogP contribution in [0.5, 0.6) is 5.75 Å². The number of nitrogens with zero attached hydrogens (tertiary/aromatic N) is 1. The molecule has 0 spiro atoms. The van der Waals surface area contributed by atoms with Crippen molar-refractivity contribution in [1.82, 2.24) is 5.43 Å². The molecule has 18 heavy (non-hydrogen) atoms. The highest BCUT2D eigenvalue weighted by molar-refractivity contribution is 5.85. The number of carbonyl (C=O) groups is 1. The number of anilines is 1. The summed E-state index contributed by atoms with van der Waals surface area (Å²) in [6.45, 7) is 4.01. The molecule has 0 fully saturated rings. The molecule has 0 aliphatic rings. The van der Waals surface area contributed by atoms with E-state index in [4.69, 9.17) is 4.74 Å². The van der Waals surface area contributed by atoms with Gasteiger partial charge in [-0.05, 0) is 25.5 Å². The fourth-order valence-corrected chi connectivity index (χ4v) is 1.24. The quantitative estimate of drug-likeness (QED) is 0.599. The molecule has 1 aromatic carbocycles. The van der Waals surface area contributed by atoms with Gasteiger partial charge in [0.05, 0.1) is 19.3 Å². The first-order valence-corrected chi connectivity index (χ1v) is 5.86. The summed E-state index contributed by atoms with van der Waals surface area (Å²) in [5.41, 5.74) is 4.16. The molecular weight excluding hydrogens is 230 g/mol. The van der Waals surface area contributed by atoms with Crippen LogP contribution in [0.2, 0.25) is 0 Å². The third-order valence-electron chi connectivity index (χ3n) is 2.43. The topological polar surface area (TPSA) is 62.7 Å². The lowest BCUT2D eigenvalue weighted by Gasteiger charge is -2.09. The van der Waals surface area contributed by atoms with Gasteiger partial charge in [-0.25, -0.2) is 5.43 Å². The largest absolute Gasteiger partial charge is 0.495 e. The van der Waals surface area contributed by atoms with Crippen molar-refractivity contribution in [2.24, 2.45) is 5.10 Å². The normalized spacial score (nSPS) is 10.9. The van der Waals surface area contributed by atoms with Gasteiger partial charge in [0.2, 0.25) is 0 Å². The number of carbonyl (C=O) groups excluding carboxylic acids is 1. The van der Waals surface area contributed by atoms with Crippen molar-refractivity contribution in [2.75, 3.05) is 19.0 Å². The van der Waals surface area contributed by atoms with E-state index in [1.807, 2.05) is 38.1 Å². The third-order valence-corrected chi connectivity index (χ3v) is 2.43. The highest BCUT2D eigenvalue weighted by Crippen LogP contribution is 2.22. The van der Waals surface area contributed by atoms with E-state index in [1.165, 1.54) is 0 Å². The Morgan fingerprint density at radius 3 is 2.78 bits per heavy atom. The van der Waals surface area contributed by atoms with Crippen molar-refractivity contribution in [3.05, 3.63) is 24.3 Å². The number of methoxy groups -OCH3 is 1. The van der Waals surface area contributed by atoms with Crippen LogP contribution in [-0.4, -0.2) is 25.3 Å². The summed E-state index contributed by atoms with van der Waals surface area (Å²) in [5, 5.41) is 6.94. The minimum atomic E-state index is -0.186. The third kappa shape index (κ3) is 4.45. The number of hydrogen-bond donors (Lipinski definition) is 2. The molecular formula is C13H19N3O2. The maximum atomic E-state index is 11.5. The van der Waals surface area contributed by atoms with E-state index in [-0.39, 0.29) is 12.5 Å². The van der Waals surface area contributed by atoms with Gasteiger partial charge >= 0.3 is 0 Å². The molecule has 0 aromatic heterocycles. The van der Waals surface area contributed by atoms with Gasteiger partial charge in [-0.2, -0.15) is 5.10 Å². The van der Waals surface area contributed by atoms with Crippen molar-refractivity contribution in [2.45, 2.75) is 20.3 Å². The van der Waals surface area contributed by atoms with Crippen molar-refractivity contribution in [3.8, 4) is 5.75 Å². The van der Waals surface area contributed by atoms with E-state index in [2.05, 4.69) is 15.8 Å². The molecule has 2 N–H and O–H groups in total. The van der Waals surface area contributed by atoms with E-state index in [0.717, 1.165) is 17.8 Å². The first-order chi connectivity index (χ1) is 8.67. The summed E-state index contributed by atoms with van der Waals surface area (Å²) in [6, 6.07) is 7.44. The highest BCUT2D eigenvalue weighted by Gasteiger charge is 2.03. The van der Waals surface area contributed by atoms with E-state index >= 15 is 0 Å². The second-order valence-electron chi connectivity index (χ2n) is 3.79. The van der Waals surface area contributed by atoms with Crippen LogP contribution in [0, 0.1) is 0 Å². The molecule has 0 saturated heterocycles. The van der Waals surface area contributed by atoms with Gasteiger partial charge in [-0.15, -0.1) is 0 Å². The first kappa shape index (κ1) is 14.0. The fourth-order valence-electron chi connectivity index (χ4n) is 1.24. The van der Waals surface area contributed by atoms with Crippen LogP contribution in [0.4, 0.5) is 5.69 Å². The Bertz CT molecular complexity index is 430. The maximum Gasteiger partial charge on any atom is 0.259 e. The van der Waals surface area contributed by atoms with Crippen LogP contribution < -0.4 is 15.5 Å². The maximum absolute atomic E-state index is 11.5. The SMILES string of the molecule is CCC(C)=NNC(=O)CNc1ccccc1OC. The summed E-state index contributed by atoms with van der Waals surface area (Å²) >= 11 is 0. The minimum Gasteiger partial charge on any atom is -0.495 e. The van der Waals surface area contributed by atoms with E-state index < -0.39 is 0 Å². The second kappa shape index (κ2) is 7.32. The molecule has 0 aliphatic carbocycles. The minimum absolute atomic E-state index is 0.154. The number of hydrazone groups is 1. The zero-order chi connectivity index (χ0) is 13.4. The zero-order valence-electron chi connectivity index (χ0n) is 11.0. The number of nitrogens with one attached hydrogen (secondary N) is 2. The van der Waals surface area contributed by atoms with Crippen LogP contribution in [0.3, 0.4) is 0 Å². The first-order valence-electron chi connectivity index (χ1n) is 5.86. The Balaban J connectivity index is 2.47. The molecule has 0 heterocycles. The number of rotatable bonds is 6. The van der Waals surface area contributed by atoms with Crippen LogP contribution in [0.15, 0.2) is 29.4 Å². The Kier molecular flexibility index (Phi) is 5.70. The average Bonchev–Trinajstić information content (AvgIpc) is 2.42. The number of para-hydroxylation sites is 2. The molecule has 98 valence electrons. The summed E-state index contributed by atoms with van der Waals surface area (Å²) in [7, 11) is 1.59. The van der Waals surface area contributed by atoms with Crippen LogP contribution in [0.25, 0.3) is 0 Å². The van der Waals surface area contributed by atoms with Crippen molar-refractivity contribution in [3.63, 3.8) is 0 Å². The molecule has 5 nitrogen and oxygen atoms in total. The van der Waals surface area contributed by atoms with Crippen LogP contribution >= 0.6 is 0 Å². The standard InChI is InChI=1S/C13H19N3O2/c1-4-10(2)15-16-13(17)9-14-11-7-5-6-8-12(11)18-3/h5-8,14H,4,9H2,1-3H3,(H,16,17). The Labute approximate surface area is 107 Å². The van der Waals surface area contributed by atoms with Gasteiger partial charge in [-0.3, -0.25) is 4.79 Å². The van der Waals surface area contributed by atoms with Crippen LogP contribution in [-0.2, 0) is 4.79 Å². The van der Waals surface area contributed by atoms with E-state index in [0.29, 0.717) is 5.75 Å². The summed E-state index contributed by atoms with van der Waals surface area (Å²) in [5.74, 6) is 0.521. The molecule has 5 heteroatoms. The number of amides is 1. The number of ether oxygens (including phenoxy) is 1. The van der Waals surface area contributed by atoms with Crippen molar-refractivity contribution >= 4 is 17.3 Å². The lowest BCUT2D eigenvalue weighted by atomic mass is 10.3. The van der Waals surface area contributed by atoms with Gasteiger partial charge in [-0.1, -0.05) is 19.1 Å². The van der Waals surface area contributed by atoms with Crippen molar-refractivity contribution < 1.29 is 9.53 Å². The van der Waals surface area contributed by atoms with Gasteiger partial charge in [0.25, 0.3) is 5.91 Å².